The van der Waals surface area contributed by atoms with Gasteiger partial charge in [-0.15, -0.1) is 0 Å². The molecule has 0 heterocycles. The minimum Gasteiger partial charge on any atom is -0.493 e. The van der Waals surface area contributed by atoms with E-state index in [0.29, 0.717) is 16.8 Å². The molecule has 1 aromatic rings. The van der Waals surface area contributed by atoms with Gasteiger partial charge in [0.05, 0.1) is 17.6 Å². The Kier molecular flexibility index (Phi) is 4.55. The van der Waals surface area contributed by atoms with Crippen molar-refractivity contribution < 1.29 is 9.66 Å². The predicted molar refractivity (Wildman–Crippen MR) is 61.2 cm³/mol. The van der Waals surface area contributed by atoms with Gasteiger partial charge in [-0.2, -0.15) is 0 Å². The van der Waals surface area contributed by atoms with Crippen molar-refractivity contribution in [2.45, 2.75) is 19.8 Å². The number of rotatable bonds is 5. The van der Waals surface area contributed by atoms with Gasteiger partial charge in [0, 0.05) is 10.5 Å². The van der Waals surface area contributed by atoms with Crippen molar-refractivity contribution >= 4 is 21.6 Å². The standard InChI is InChI=1S/C10H12BrNO3/c1-2-3-4-15-10-6-8(11)5-9(7-10)12(13)14/h5-7H,2-4H2,1H3. The quantitative estimate of drug-likeness (QED) is 0.469. The highest BCUT2D eigenvalue weighted by Gasteiger charge is 2.09. The third-order valence-electron chi connectivity index (χ3n) is 1.83. The average Bonchev–Trinajstić information content (AvgIpc) is 2.17. The highest BCUT2D eigenvalue weighted by Crippen LogP contribution is 2.26. The molecule has 4 nitrogen and oxygen atoms in total. The SMILES string of the molecule is CCCCOc1cc(Br)cc([N+](=O)[O-])c1. The second-order valence-corrected chi connectivity index (χ2v) is 4.02. The third kappa shape index (κ3) is 3.87. The summed E-state index contributed by atoms with van der Waals surface area (Å²) in [5, 5.41) is 10.6. The zero-order chi connectivity index (χ0) is 11.3. The molecule has 0 aliphatic heterocycles. The maximum Gasteiger partial charge on any atom is 0.274 e. The third-order valence-corrected chi connectivity index (χ3v) is 2.29. The average molecular weight is 274 g/mol. The summed E-state index contributed by atoms with van der Waals surface area (Å²) in [5.41, 5.74) is 0.0378. The molecule has 5 heteroatoms. The Bertz CT molecular complexity index is 355. The van der Waals surface area contributed by atoms with Crippen LogP contribution in [0.3, 0.4) is 0 Å². The zero-order valence-electron chi connectivity index (χ0n) is 8.40. The lowest BCUT2D eigenvalue weighted by molar-refractivity contribution is -0.385. The molecule has 0 fully saturated rings. The summed E-state index contributed by atoms with van der Waals surface area (Å²) in [6.45, 7) is 2.65. The molecule has 0 amide bonds. The number of nitrogens with zero attached hydrogens (tertiary/aromatic N) is 1. The van der Waals surface area contributed by atoms with Crippen LogP contribution in [0.1, 0.15) is 19.8 Å². The van der Waals surface area contributed by atoms with E-state index in [1.165, 1.54) is 12.1 Å². The molecule has 0 saturated carbocycles. The fourth-order valence-electron chi connectivity index (χ4n) is 1.07. The van der Waals surface area contributed by atoms with Crippen molar-refractivity contribution in [3.05, 3.63) is 32.8 Å². The Morgan fingerprint density at radius 2 is 2.20 bits per heavy atom. The lowest BCUT2D eigenvalue weighted by atomic mass is 10.3. The highest BCUT2D eigenvalue weighted by atomic mass is 79.9. The van der Waals surface area contributed by atoms with Crippen LogP contribution in [0, 0.1) is 10.1 Å². The molecule has 0 saturated heterocycles. The summed E-state index contributed by atoms with van der Waals surface area (Å²) in [6.07, 6.45) is 1.98. The lowest BCUT2D eigenvalue weighted by Crippen LogP contribution is -1.97. The summed E-state index contributed by atoms with van der Waals surface area (Å²) >= 11 is 3.21. The Labute approximate surface area is 96.5 Å². The minimum atomic E-state index is -0.433. The number of hydrogen-bond donors (Lipinski definition) is 0. The van der Waals surface area contributed by atoms with Gasteiger partial charge >= 0.3 is 0 Å². The summed E-state index contributed by atoms with van der Waals surface area (Å²) in [4.78, 5) is 10.1. The summed E-state index contributed by atoms with van der Waals surface area (Å²) < 4.78 is 6.04. The van der Waals surface area contributed by atoms with Gasteiger partial charge in [-0.05, 0) is 12.5 Å². The number of benzene rings is 1. The molecule has 82 valence electrons. The number of nitro groups is 1. The van der Waals surface area contributed by atoms with Crippen molar-refractivity contribution in [1.29, 1.82) is 0 Å². The monoisotopic (exact) mass is 273 g/mol. The Morgan fingerprint density at radius 3 is 2.80 bits per heavy atom. The number of halogens is 1. The van der Waals surface area contributed by atoms with Crippen molar-refractivity contribution in [3.63, 3.8) is 0 Å². The normalized spacial score (nSPS) is 10.0. The smallest absolute Gasteiger partial charge is 0.274 e. The first-order valence-corrected chi connectivity index (χ1v) is 5.50. The summed E-state index contributed by atoms with van der Waals surface area (Å²) in [5.74, 6) is 0.532. The molecule has 0 bridgehead atoms. The van der Waals surface area contributed by atoms with Gasteiger partial charge in [0.1, 0.15) is 5.75 Å². The van der Waals surface area contributed by atoms with E-state index in [4.69, 9.17) is 4.74 Å². The van der Waals surface area contributed by atoms with Crippen LogP contribution in [-0.4, -0.2) is 11.5 Å². The van der Waals surface area contributed by atoms with Crippen LogP contribution < -0.4 is 4.74 Å². The van der Waals surface area contributed by atoms with E-state index in [1.807, 2.05) is 0 Å². The van der Waals surface area contributed by atoms with Gasteiger partial charge in [-0.1, -0.05) is 29.3 Å². The molecular weight excluding hydrogens is 262 g/mol. The number of ether oxygens (including phenoxy) is 1. The van der Waals surface area contributed by atoms with Crippen LogP contribution in [0.2, 0.25) is 0 Å². The highest BCUT2D eigenvalue weighted by molar-refractivity contribution is 9.10. The fourth-order valence-corrected chi connectivity index (χ4v) is 1.53. The van der Waals surface area contributed by atoms with E-state index in [9.17, 15) is 10.1 Å². The molecule has 15 heavy (non-hydrogen) atoms. The van der Waals surface area contributed by atoms with Crippen molar-refractivity contribution in [3.8, 4) is 5.75 Å². The Morgan fingerprint density at radius 1 is 1.47 bits per heavy atom. The number of nitro benzene ring substituents is 1. The lowest BCUT2D eigenvalue weighted by Gasteiger charge is -2.05. The first-order chi connectivity index (χ1) is 7.13. The molecule has 0 aromatic heterocycles. The van der Waals surface area contributed by atoms with Gasteiger partial charge in [0.25, 0.3) is 5.69 Å². The van der Waals surface area contributed by atoms with Gasteiger partial charge in [0.15, 0.2) is 0 Å². The molecule has 0 radical (unpaired) electrons. The fraction of sp³-hybridized carbons (Fsp3) is 0.400. The summed E-state index contributed by atoms with van der Waals surface area (Å²) in [6, 6.07) is 4.61. The second-order valence-electron chi connectivity index (χ2n) is 3.10. The maximum absolute atomic E-state index is 10.6. The molecule has 0 aliphatic rings. The largest absolute Gasteiger partial charge is 0.493 e. The predicted octanol–water partition coefficient (Wildman–Crippen LogP) is 3.54. The van der Waals surface area contributed by atoms with Crippen LogP contribution in [0.4, 0.5) is 5.69 Å². The zero-order valence-corrected chi connectivity index (χ0v) is 9.99. The first-order valence-electron chi connectivity index (χ1n) is 4.71. The van der Waals surface area contributed by atoms with Gasteiger partial charge in [-0.25, -0.2) is 0 Å². The van der Waals surface area contributed by atoms with Crippen LogP contribution in [0.25, 0.3) is 0 Å². The van der Waals surface area contributed by atoms with Crippen LogP contribution in [0.15, 0.2) is 22.7 Å². The van der Waals surface area contributed by atoms with E-state index in [2.05, 4.69) is 22.9 Å². The van der Waals surface area contributed by atoms with E-state index in [0.717, 1.165) is 12.8 Å². The van der Waals surface area contributed by atoms with Gasteiger partial charge in [-0.3, -0.25) is 10.1 Å². The molecule has 1 aromatic carbocycles. The van der Waals surface area contributed by atoms with Crippen molar-refractivity contribution in [2.75, 3.05) is 6.61 Å². The van der Waals surface area contributed by atoms with Crippen molar-refractivity contribution in [1.82, 2.24) is 0 Å². The van der Waals surface area contributed by atoms with Crippen molar-refractivity contribution in [2.24, 2.45) is 0 Å². The summed E-state index contributed by atoms with van der Waals surface area (Å²) in [7, 11) is 0. The first kappa shape index (κ1) is 12.0. The molecule has 0 unspecified atom stereocenters. The molecule has 1 rings (SSSR count). The van der Waals surface area contributed by atoms with Crippen LogP contribution in [0.5, 0.6) is 5.75 Å². The maximum atomic E-state index is 10.6. The molecular formula is C10H12BrNO3. The number of unbranched alkanes of at least 4 members (excludes halogenated alkanes) is 1. The van der Waals surface area contributed by atoms with E-state index in [-0.39, 0.29) is 5.69 Å². The molecule has 0 atom stereocenters. The Balaban J connectivity index is 2.75. The van der Waals surface area contributed by atoms with Crippen LogP contribution >= 0.6 is 15.9 Å². The van der Waals surface area contributed by atoms with E-state index < -0.39 is 4.92 Å². The van der Waals surface area contributed by atoms with Gasteiger partial charge < -0.3 is 4.74 Å². The molecule has 0 aliphatic carbocycles. The number of hydrogen-bond acceptors (Lipinski definition) is 3. The Hall–Kier alpha value is -1.10. The molecule has 0 spiro atoms. The topological polar surface area (TPSA) is 52.4 Å². The minimum absolute atomic E-state index is 0.0378. The second kappa shape index (κ2) is 5.70. The van der Waals surface area contributed by atoms with E-state index in [1.54, 1.807) is 6.07 Å². The molecule has 0 N–H and O–H groups in total. The van der Waals surface area contributed by atoms with Crippen LogP contribution in [-0.2, 0) is 0 Å². The number of non-ortho nitro benzene ring substituents is 1. The van der Waals surface area contributed by atoms with Gasteiger partial charge in [0.2, 0.25) is 0 Å². The van der Waals surface area contributed by atoms with E-state index >= 15 is 0 Å².